The first kappa shape index (κ1) is 18.7. The second kappa shape index (κ2) is 13.4. The van der Waals surface area contributed by atoms with Crippen molar-refractivity contribution < 1.29 is 29.0 Å². The highest BCUT2D eigenvalue weighted by Crippen LogP contribution is 1.80. The van der Waals surface area contributed by atoms with Gasteiger partial charge in [-0.05, 0) is 6.08 Å². The highest BCUT2D eigenvalue weighted by Gasteiger charge is 1.91. The Labute approximate surface area is 111 Å². The van der Waals surface area contributed by atoms with Gasteiger partial charge in [0.1, 0.15) is 13.2 Å². The summed E-state index contributed by atoms with van der Waals surface area (Å²) < 4.78 is 8.90. The van der Waals surface area contributed by atoms with Gasteiger partial charge in [0.25, 0.3) is 0 Å². The van der Waals surface area contributed by atoms with Crippen LogP contribution < -0.4 is 0 Å². The van der Waals surface area contributed by atoms with Crippen molar-refractivity contribution >= 4 is 17.9 Å². The van der Waals surface area contributed by atoms with Crippen molar-refractivity contribution in [1.82, 2.24) is 0 Å². The highest BCUT2D eigenvalue weighted by atomic mass is 16.5. The molecule has 0 spiro atoms. The number of hydrogen-bond acceptors (Lipinski definition) is 5. The molecule has 0 saturated carbocycles. The van der Waals surface area contributed by atoms with Crippen molar-refractivity contribution in [2.75, 3.05) is 13.2 Å². The molecule has 6 heteroatoms. The first-order valence-electron chi connectivity index (χ1n) is 5.06. The Morgan fingerprint density at radius 3 is 1.79 bits per heavy atom. The van der Waals surface area contributed by atoms with E-state index < -0.39 is 17.9 Å². The van der Waals surface area contributed by atoms with E-state index in [4.69, 9.17) is 5.11 Å². The van der Waals surface area contributed by atoms with Crippen LogP contribution in [0.4, 0.5) is 0 Å². The van der Waals surface area contributed by atoms with Gasteiger partial charge < -0.3 is 14.6 Å². The average molecular weight is 268 g/mol. The van der Waals surface area contributed by atoms with Gasteiger partial charge in [0.15, 0.2) is 0 Å². The molecule has 1 N–H and O–H groups in total. The van der Waals surface area contributed by atoms with E-state index in [1.165, 1.54) is 12.2 Å². The van der Waals surface area contributed by atoms with Gasteiger partial charge in [-0.3, -0.25) is 0 Å². The topological polar surface area (TPSA) is 89.9 Å². The fourth-order valence-electron chi connectivity index (χ4n) is 0.538. The first-order valence-corrected chi connectivity index (χ1v) is 5.06. The van der Waals surface area contributed by atoms with Crippen LogP contribution in [0.15, 0.2) is 50.1 Å². The lowest BCUT2D eigenvalue weighted by molar-refractivity contribution is -0.137. The Morgan fingerprint density at radius 1 is 0.947 bits per heavy atom. The molecule has 0 rings (SSSR count). The molecule has 0 aromatic carbocycles. The molecule has 0 heterocycles. The minimum Gasteiger partial charge on any atom is -0.478 e. The van der Waals surface area contributed by atoms with Crippen molar-refractivity contribution in [3.05, 3.63) is 50.1 Å². The fraction of sp³-hybridized carbons (Fsp3) is 0.154. The Balaban J connectivity index is 0. The maximum absolute atomic E-state index is 10.3. The van der Waals surface area contributed by atoms with Crippen molar-refractivity contribution in [1.29, 1.82) is 0 Å². The SMILES string of the molecule is C=CC(=O)OCC=CC(=O)O.C=CCOC(=O)C=C. The van der Waals surface area contributed by atoms with Gasteiger partial charge in [-0.2, -0.15) is 0 Å². The van der Waals surface area contributed by atoms with E-state index in [9.17, 15) is 14.4 Å². The molecule has 104 valence electrons. The second-order valence-electron chi connectivity index (χ2n) is 2.70. The zero-order chi connectivity index (χ0) is 15.1. The maximum Gasteiger partial charge on any atom is 0.330 e. The van der Waals surface area contributed by atoms with E-state index >= 15 is 0 Å². The summed E-state index contributed by atoms with van der Waals surface area (Å²) in [5.74, 6) is -2.05. The van der Waals surface area contributed by atoms with Crippen LogP contribution in [-0.4, -0.2) is 36.2 Å². The smallest absolute Gasteiger partial charge is 0.330 e. The summed E-state index contributed by atoms with van der Waals surface area (Å²) in [5.41, 5.74) is 0. The van der Waals surface area contributed by atoms with E-state index in [1.54, 1.807) is 0 Å². The summed E-state index contributed by atoms with van der Waals surface area (Å²) in [6, 6.07) is 0. The molecule has 0 amide bonds. The van der Waals surface area contributed by atoms with E-state index in [0.717, 1.165) is 18.2 Å². The van der Waals surface area contributed by atoms with E-state index in [2.05, 4.69) is 29.2 Å². The van der Waals surface area contributed by atoms with Gasteiger partial charge in [-0.15, -0.1) is 0 Å². The van der Waals surface area contributed by atoms with Crippen LogP contribution >= 0.6 is 0 Å². The molecule has 0 saturated heterocycles. The Bertz CT molecular complexity index is 367. The zero-order valence-corrected chi connectivity index (χ0v) is 10.4. The van der Waals surface area contributed by atoms with Crippen molar-refractivity contribution in [3.63, 3.8) is 0 Å². The van der Waals surface area contributed by atoms with E-state index in [1.807, 2.05) is 0 Å². The standard InChI is InChI=1S/C7H8O4.C6H8O2/c1-2-7(10)11-5-3-4-6(8)9;1-3-5-8-6(7)4-2/h2-4H,1,5H2,(H,8,9);3-4H,1-2,5H2. The van der Waals surface area contributed by atoms with Crippen molar-refractivity contribution in [2.24, 2.45) is 0 Å². The molecule has 0 aliphatic rings. The molecule has 0 bridgehead atoms. The minimum atomic E-state index is -1.07. The normalized spacial score (nSPS) is 8.63. The lowest BCUT2D eigenvalue weighted by Crippen LogP contribution is -1.99. The van der Waals surface area contributed by atoms with Crippen LogP contribution in [-0.2, 0) is 23.9 Å². The fourth-order valence-corrected chi connectivity index (χ4v) is 0.538. The van der Waals surface area contributed by atoms with Gasteiger partial charge >= 0.3 is 17.9 Å². The number of rotatable bonds is 7. The molecular formula is C13H16O6. The number of carbonyl (C=O) groups excluding carboxylic acids is 2. The van der Waals surface area contributed by atoms with Gasteiger partial charge in [0.2, 0.25) is 0 Å². The van der Waals surface area contributed by atoms with Gasteiger partial charge in [0.05, 0.1) is 0 Å². The Kier molecular flexibility index (Phi) is 13.2. The lowest BCUT2D eigenvalue weighted by atomic mass is 10.5. The summed E-state index contributed by atoms with van der Waals surface area (Å²) in [6.07, 6.45) is 5.75. The molecule has 0 radical (unpaired) electrons. The van der Waals surface area contributed by atoms with Crippen LogP contribution in [0.3, 0.4) is 0 Å². The largest absolute Gasteiger partial charge is 0.478 e. The summed E-state index contributed by atoms with van der Waals surface area (Å²) in [6.45, 7) is 9.93. The van der Waals surface area contributed by atoms with Crippen LogP contribution in [0.1, 0.15) is 0 Å². The van der Waals surface area contributed by atoms with Crippen LogP contribution in [0.25, 0.3) is 0 Å². The first-order chi connectivity index (χ1) is 8.97. The molecule has 0 aliphatic carbocycles. The lowest BCUT2D eigenvalue weighted by Gasteiger charge is -1.93. The molecule has 6 nitrogen and oxygen atoms in total. The molecule has 0 fully saturated rings. The highest BCUT2D eigenvalue weighted by molar-refractivity contribution is 5.82. The molecule has 0 aliphatic heterocycles. The van der Waals surface area contributed by atoms with Crippen molar-refractivity contribution in [3.8, 4) is 0 Å². The second-order valence-corrected chi connectivity index (χ2v) is 2.70. The molecule has 0 aromatic rings. The third kappa shape index (κ3) is 18.0. The van der Waals surface area contributed by atoms with Gasteiger partial charge in [0, 0.05) is 18.2 Å². The monoisotopic (exact) mass is 268 g/mol. The quantitative estimate of drug-likeness (QED) is 0.424. The predicted octanol–water partition coefficient (Wildman–Crippen LogP) is 1.26. The zero-order valence-electron chi connectivity index (χ0n) is 10.4. The van der Waals surface area contributed by atoms with Gasteiger partial charge in [-0.1, -0.05) is 25.8 Å². The minimum absolute atomic E-state index is 0.0445. The van der Waals surface area contributed by atoms with Crippen molar-refractivity contribution in [2.45, 2.75) is 0 Å². The average Bonchev–Trinajstić information content (AvgIpc) is 2.41. The van der Waals surface area contributed by atoms with Crippen LogP contribution in [0, 0.1) is 0 Å². The molecule has 0 atom stereocenters. The van der Waals surface area contributed by atoms with Crippen LogP contribution in [0.2, 0.25) is 0 Å². The van der Waals surface area contributed by atoms with Gasteiger partial charge in [-0.25, -0.2) is 14.4 Å². The maximum atomic E-state index is 10.3. The Hall–Kier alpha value is -2.63. The van der Waals surface area contributed by atoms with Crippen LogP contribution in [0.5, 0.6) is 0 Å². The number of carboxylic acids is 1. The summed E-state index contributed by atoms with van der Waals surface area (Å²) in [7, 11) is 0. The number of aliphatic carboxylic acids is 1. The predicted molar refractivity (Wildman–Crippen MR) is 69.3 cm³/mol. The summed E-state index contributed by atoms with van der Waals surface area (Å²) in [4.78, 5) is 30.4. The molecule has 0 unspecified atom stereocenters. The molecule has 0 aromatic heterocycles. The number of carbonyl (C=O) groups is 3. The number of carboxylic acid groups (broad SMARTS) is 1. The van der Waals surface area contributed by atoms with E-state index in [0.29, 0.717) is 0 Å². The Morgan fingerprint density at radius 2 is 1.42 bits per heavy atom. The third-order valence-electron chi connectivity index (χ3n) is 1.26. The third-order valence-corrected chi connectivity index (χ3v) is 1.26. The number of esters is 2. The molecular weight excluding hydrogens is 252 g/mol. The number of hydrogen-bond donors (Lipinski definition) is 1. The molecule has 19 heavy (non-hydrogen) atoms. The number of ether oxygens (including phenoxy) is 2. The summed E-state index contributed by atoms with van der Waals surface area (Å²) >= 11 is 0. The summed E-state index contributed by atoms with van der Waals surface area (Å²) in [5, 5.41) is 8.09. The van der Waals surface area contributed by atoms with E-state index in [-0.39, 0.29) is 13.2 Å².